The zero-order chi connectivity index (χ0) is 41.6. The number of thiol groups is 2. The molecule has 2 nitrogen and oxygen atoms in total. The molecular formula is C52H70O2S4. The van der Waals surface area contributed by atoms with E-state index in [1.165, 1.54) is 82.7 Å². The Balaban J connectivity index is 1.09. The van der Waals surface area contributed by atoms with E-state index in [0.29, 0.717) is 0 Å². The minimum atomic E-state index is -0.360. The zero-order valence-electron chi connectivity index (χ0n) is 35.9. The van der Waals surface area contributed by atoms with E-state index < -0.39 is 0 Å². The molecule has 0 aromatic heterocycles. The predicted molar refractivity (Wildman–Crippen MR) is 260 cm³/mol. The summed E-state index contributed by atoms with van der Waals surface area (Å²) in [5, 5.41) is 0. The van der Waals surface area contributed by atoms with Crippen LogP contribution < -0.4 is 0 Å². The van der Waals surface area contributed by atoms with Crippen LogP contribution in [0.15, 0.2) is 112 Å². The van der Waals surface area contributed by atoms with Crippen LogP contribution in [0.25, 0.3) is 0 Å². The molecule has 0 saturated carbocycles. The van der Waals surface area contributed by atoms with Crippen molar-refractivity contribution in [1.29, 1.82) is 0 Å². The Hall–Kier alpha value is -2.38. The third kappa shape index (κ3) is 17.3. The number of ketones is 2. The van der Waals surface area contributed by atoms with Gasteiger partial charge in [-0.15, -0.1) is 11.8 Å². The lowest BCUT2D eigenvalue weighted by Gasteiger charge is -2.23. The van der Waals surface area contributed by atoms with Crippen molar-refractivity contribution in [3.05, 3.63) is 125 Å². The fourth-order valence-electron chi connectivity index (χ4n) is 7.46. The Kier molecular flexibility index (Phi) is 21.7. The lowest BCUT2D eigenvalue weighted by Crippen LogP contribution is -2.24. The number of unbranched alkanes of at least 4 members (excludes halogenated alkanes) is 8. The molecule has 0 spiro atoms. The van der Waals surface area contributed by atoms with Crippen LogP contribution in [0.2, 0.25) is 0 Å². The molecule has 0 aliphatic rings. The highest BCUT2D eigenvalue weighted by molar-refractivity contribution is 7.99. The molecule has 0 atom stereocenters. The highest BCUT2D eigenvalue weighted by Gasteiger charge is 2.29. The maximum Gasteiger partial charge on any atom is 0.168 e. The summed E-state index contributed by atoms with van der Waals surface area (Å²) in [6, 6.07) is 34.6. The lowest BCUT2D eigenvalue weighted by atomic mass is 9.79. The van der Waals surface area contributed by atoms with Crippen LogP contribution in [-0.4, -0.2) is 28.8 Å². The number of Topliss-reactive ketones (excluding diaryl/α,β-unsaturated/α-hetero) is 2. The average Bonchev–Trinajstić information content (AvgIpc) is 3.23. The van der Waals surface area contributed by atoms with Crippen LogP contribution in [-0.2, 0) is 19.3 Å². The van der Waals surface area contributed by atoms with Crippen LogP contribution in [0.5, 0.6) is 0 Å². The Morgan fingerprint density at radius 2 is 0.776 bits per heavy atom. The molecule has 4 rings (SSSR count). The van der Waals surface area contributed by atoms with Gasteiger partial charge in [-0.3, -0.25) is 9.59 Å². The molecule has 0 aliphatic carbocycles. The smallest absolute Gasteiger partial charge is 0.168 e. The highest BCUT2D eigenvalue weighted by Crippen LogP contribution is 2.33. The van der Waals surface area contributed by atoms with E-state index in [0.717, 1.165) is 86.2 Å². The summed E-state index contributed by atoms with van der Waals surface area (Å²) in [7, 11) is 0. The first-order valence-corrected chi connectivity index (χ1v) is 25.1. The third-order valence-corrected chi connectivity index (χ3v) is 14.1. The van der Waals surface area contributed by atoms with E-state index in [1.807, 2.05) is 36.0 Å². The summed E-state index contributed by atoms with van der Waals surface area (Å²) in [6.45, 7) is 8.41. The molecule has 0 amide bonds. The largest absolute Gasteiger partial charge is 0.294 e. The van der Waals surface area contributed by atoms with E-state index in [2.05, 4.69) is 126 Å². The van der Waals surface area contributed by atoms with Crippen LogP contribution in [0.3, 0.4) is 0 Å². The third-order valence-electron chi connectivity index (χ3n) is 11.4. The summed E-state index contributed by atoms with van der Waals surface area (Å²) < 4.78 is 0. The van der Waals surface area contributed by atoms with Gasteiger partial charge in [0, 0.05) is 36.6 Å². The van der Waals surface area contributed by atoms with Crippen molar-refractivity contribution in [3.8, 4) is 0 Å². The van der Waals surface area contributed by atoms with Crippen LogP contribution >= 0.6 is 48.8 Å². The first-order valence-electron chi connectivity index (χ1n) is 22.0. The molecule has 0 saturated heterocycles. The fraction of sp³-hybridized carbons (Fsp3) is 0.500. The van der Waals surface area contributed by atoms with Crippen molar-refractivity contribution in [2.24, 2.45) is 10.8 Å². The zero-order valence-corrected chi connectivity index (χ0v) is 39.3. The first kappa shape index (κ1) is 48.3. The average molecular weight is 855 g/mol. The van der Waals surface area contributed by atoms with Gasteiger partial charge in [0.1, 0.15) is 0 Å². The number of benzene rings is 4. The van der Waals surface area contributed by atoms with Gasteiger partial charge in [0.25, 0.3) is 0 Å². The summed E-state index contributed by atoms with van der Waals surface area (Å²) in [6.07, 6.45) is 19.0. The molecule has 4 aromatic rings. The van der Waals surface area contributed by atoms with Crippen molar-refractivity contribution in [1.82, 2.24) is 0 Å². The highest BCUT2D eigenvalue weighted by atomic mass is 32.2. The van der Waals surface area contributed by atoms with Crippen LogP contribution in [0.4, 0.5) is 0 Å². The molecule has 4 aromatic carbocycles. The second kappa shape index (κ2) is 26.1. The molecule has 58 heavy (non-hydrogen) atoms. The quantitative estimate of drug-likeness (QED) is 0.0247. The van der Waals surface area contributed by atoms with Gasteiger partial charge < -0.3 is 0 Å². The van der Waals surface area contributed by atoms with Crippen molar-refractivity contribution in [2.75, 3.05) is 17.3 Å². The molecule has 0 N–H and O–H groups in total. The van der Waals surface area contributed by atoms with Crippen molar-refractivity contribution in [3.63, 3.8) is 0 Å². The van der Waals surface area contributed by atoms with E-state index in [9.17, 15) is 9.59 Å². The monoisotopic (exact) mass is 854 g/mol. The van der Waals surface area contributed by atoms with Gasteiger partial charge in [-0.1, -0.05) is 139 Å². The molecule has 0 fully saturated rings. The number of hydrogen-bond donors (Lipinski definition) is 2. The summed E-state index contributed by atoms with van der Waals surface area (Å²) in [5.74, 6) is 3.51. The van der Waals surface area contributed by atoms with Crippen molar-refractivity contribution in [2.45, 2.75) is 152 Å². The minimum Gasteiger partial charge on any atom is -0.294 e. The summed E-state index contributed by atoms with van der Waals surface area (Å²) >= 11 is 12.3. The molecule has 6 heteroatoms. The minimum absolute atomic E-state index is 0.254. The Bertz CT molecular complexity index is 1760. The molecule has 0 aliphatic heterocycles. The maximum atomic E-state index is 13.4. The van der Waals surface area contributed by atoms with Crippen molar-refractivity contribution < 1.29 is 9.59 Å². The van der Waals surface area contributed by atoms with Gasteiger partial charge in [-0.2, -0.15) is 25.3 Å². The number of hydrogen-bond acceptors (Lipinski definition) is 6. The van der Waals surface area contributed by atoms with Gasteiger partial charge in [0.05, 0.1) is 0 Å². The Labute approximate surface area is 372 Å². The van der Waals surface area contributed by atoms with Crippen LogP contribution in [0, 0.1) is 10.8 Å². The normalized spacial score (nSPS) is 11.9. The Morgan fingerprint density at radius 1 is 0.431 bits per heavy atom. The van der Waals surface area contributed by atoms with Gasteiger partial charge in [-0.25, -0.2) is 0 Å². The molecular weight excluding hydrogens is 785 g/mol. The van der Waals surface area contributed by atoms with Gasteiger partial charge >= 0.3 is 0 Å². The first-order chi connectivity index (χ1) is 28.0. The van der Waals surface area contributed by atoms with E-state index in [-0.39, 0.29) is 22.4 Å². The number of carbonyl (C=O) groups is 2. The standard InChI is InChI=1S/C52H70O2S4/c1-51(2,49(53)44-26-20-41(21-27-44)17-9-5-7-14-38-55)36-12-11-19-43-24-30-47(31-25-43)58-48-34-32-46(33-35-48)57-40-16-13-37-52(3,4)50(54)45-28-22-42(23-29-45)18-10-6-8-15-39-56/h20-35,55-56H,5-19,36-40H2,1-4H3. The van der Waals surface area contributed by atoms with E-state index >= 15 is 0 Å². The predicted octanol–water partition coefficient (Wildman–Crippen LogP) is 15.7. The van der Waals surface area contributed by atoms with Gasteiger partial charge in [0.15, 0.2) is 11.6 Å². The number of aryl methyl sites for hydroxylation is 3. The second-order valence-corrected chi connectivity index (χ2v) is 20.5. The fourth-order valence-corrected chi connectivity index (χ4v) is 9.64. The molecule has 0 bridgehead atoms. The topological polar surface area (TPSA) is 34.1 Å². The molecule has 314 valence electrons. The molecule has 0 unspecified atom stereocenters. The number of carbonyl (C=O) groups excluding carboxylic acids is 2. The van der Waals surface area contributed by atoms with E-state index in [1.54, 1.807) is 11.8 Å². The summed E-state index contributed by atoms with van der Waals surface area (Å²) in [4.78, 5) is 30.5. The number of thioether (sulfide) groups is 1. The maximum absolute atomic E-state index is 13.4. The van der Waals surface area contributed by atoms with Crippen molar-refractivity contribution >= 4 is 60.3 Å². The SMILES string of the molecule is CC(C)(CCCCSc1ccc(Sc2ccc(CCCCC(C)(C)C(=O)c3ccc(CCCCCCS)cc3)cc2)cc1)C(=O)c1ccc(CCCCCCS)cc1. The van der Waals surface area contributed by atoms with E-state index in [4.69, 9.17) is 0 Å². The van der Waals surface area contributed by atoms with Crippen LogP contribution in [0.1, 0.15) is 155 Å². The van der Waals surface area contributed by atoms with Gasteiger partial charge in [-0.05, 0) is 141 Å². The lowest BCUT2D eigenvalue weighted by molar-refractivity contribution is 0.0817. The number of rotatable bonds is 29. The molecule has 0 heterocycles. The Morgan fingerprint density at radius 3 is 1.21 bits per heavy atom. The second-order valence-electron chi connectivity index (χ2n) is 17.3. The summed E-state index contributed by atoms with van der Waals surface area (Å²) in [5.41, 5.74) is 4.97. The van der Waals surface area contributed by atoms with Gasteiger partial charge in [0.2, 0.25) is 0 Å². The molecule has 0 radical (unpaired) electrons.